The fourth-order valence-corrected chi connectivity index (χ4v) is 3.11. The van der Waals surface area contributed by atoms with E-state index in [0.29, 0.717) is 0 Å². The van der Waals surface area contributed by atoms with Crippen LogP contribution < -0.4 is 0 Å². The number of thiophene rings is 1. The van der Waals surface area contributed by atoms with E-state index in [9.17, 15) is 5.11 Å². The maximum absolute atomic E-state index is 10.2. The summed E-state index contributed by atoms with van der Waals surface area (Å²) in [5, 5.41) is 16.3. The lowest BCUT2D eigenvalue weighted by atomic mass is 10.2. The van der Waals surface area contributed by atoms with E-state index in [1.54, 1.807) is 4.68 Å². The van der Waals surface area contributed by atoms with E-state index in [1.807, 2.05) is 31.5 Å². The molecule has 2 aromatic rings. The molecule has 0 amide bonds. The zero-order chi connectivity index (χ0) is 11.0. The van der Waals surface area contributed by atoms with Crippen LogP contribution in [0.5, 0.6) is 0 Å². The van der Waals surface area contributed by atoms with Gasteiger partial charge in [0.2, 0.25) is 0 Å². The number of nitrogens with zero attached hydrogens (tertiary/aromatic N) is 2. The number of aryl methyl sites for hydroxylation is 2. The van der Waals surface area contributed by atoms with Gasteiger partial charge in [0.05, 0.1) is 16.3 Å². The van der Waals surface area contributed by atoms with E-state index in [4.69, 9.17) is 0 Å². The van der Waals surface area contributed by atoms with Gasteiger partial charge in [0.15, 0.2) is 0 Å². The molecule has 2 rings (SSSR count). The summed E-state index contributed by atoms with van der Waals surface area (Å²) in [5.41, 5.74) is 1.73. The SMILES string of the molecule is Cc1cc(C(O)c2sccc2Br)n(C)n1. The Kier molecular flexibility index (Phi) is 2.95. The molecule has 2 heterocycles. The van der Waals surface area contributed by atoms with Crippen LogP contribution in [-0.2, 0) is 7.05 Å². The maximum atomic E-state index is 10.2. The normalized spacial score (nSPS) is 13.1. The molecule has 5 heteroatoms. The first-order valence-electron chi connectivity index (χ1n) is 4.51. The Bertz CT molecular complexity index is 477. The fraction of sp³-hybridized carbons (Fsp3) is 0.300. The quantitative estimate of drug-likeness (QED) is 0.922. The van der Waals surface area contributed by atoms with Crippen LogP contribution in [0.1, 0.15) is 22.4 Å². The number of aromatic nitrogens is 2. The molecule has 0 aliphatic carbocycles. The van der Waals surface area contributed by atoms with Gasteiger partial charge in [-0.2, -0.15) is 5.10 Å². The minimum absolute atomic E-state index is 0.606. The summed E-state index contributed by atoms with van der Waals surface area (Å²) in [6.45, 7) is 1.92. The summed E-state index contributed by atoms with van der Waals surface area (Å²) in [4.78, 5) is 0.915. The van der Waals surface area contributed by atoms with Gasteiger partial charge in [0, 0.05) is 11.5 Å². The Morgan fingerprint density at radius 2 is 2.33 bits per heavy atom. The molecule has 15 heavy (non-hydrogen) atoms. The van der Waals surface area contributed by atoms with Crippen molar-refractivity contribution in [2.45, 2.75) is 13.0 Å². The van der Waals surface area contributed by atoms with Crippen molar-refractivity contribution in [1.82, 2.24) is 9.78 Å². The Labute approximate surface area is 100 Å². The van der Waals surface area contributed by atoms with Crippen molar-refractivity contribution in [3.63, 3.8) is 0 Å². The van der Waals surface area contributed by atoms with Gasteiger partial charge < -0.3 is 5.11 Å². The largest absolute Gasteiger partial charge is 0.381 e. The number of aliphatic hydroxyl groups is 1. The first-order valence-corrected chi connectivity index (χ1v) is 6.18. The van der Waals surface area contributed by atoms with Crippen molar-refractivity contribution in [2.75, 3.05) is 0 Å². The monoisotopic (exact) mass is 286 g/mol. The minimum atomic E-state index is -0.606. The Morgan fingerprint density at radius 3 is 2.80 bits per heavy atom. The van der Waals surface area contributed by atoms with E-state index >= 15 is 0 Å². The van der Waals surface area contributed by atoms with Gasteiger partial charge in [-0.05, 0) is 40.4 Å². The molecule has 1 atom stereocenters. The van der Waals surface area contributed by atoms with Crippen molar-refractivity contribution in [3.05, 3.63) is 38.3 Å². The molecule has 80 valence electrons. The van der Waals surface area contributed by atoms with Crippen molar-refractivity contribution >= 4 is 27.3 Å². The Morgan fingerprint density at radius 1 is 1.60 bits per heavy atom. The molecule has 0 spiro atoms. The lowest BCUT2D eigenvalue weighted by Crippen LogP contribution is -2.05. The molecule has 0 aliphatic rings. The molecule has 0 fully saturated rings. The van der Waals surface area contributed by atoms with Crippen molar-refractivity contribution in [1.29, 1.82) is 0 Å². The lowest BCUT2D eigenvalue weighted by molar-refractivity contribution is 0.213. The predicted molar refractivity (Wildman–Crippen MR) is 64.0 cm³/mol. The number of aliphatic hydroxyl groups excluding tert-OH is 1. The van der Waals surface area contributed by atoms with Crippen molar-refractivity contribution < 1.29 is 5.11 Å². The number of rotatable bonds is 2. The van der Waals surface area contributed by atoms with Gasteiger partial charge in [-0.25, -0.2) is 0 Å². The van der Waals surface area contributed by atoms with Crippen molar-refractivity contribution in [3.8, 4) is 0 Å². The molecular formula is C10H11BrN2OS. The highest BCUT2D eigenvalue weighted by Gasteiger charge is 2.18. The van der Waals surface area contributed by atoms with Gasteiger partial charge in [-0.3, -0.25) is 4.68 Å². The zero-order valence-corrected chi connectivity index (χ0v) is 10.8. The molecule has 2 aromatic heterocycles. The standard InChI is InChI=1S/C10H11BrN2OS/c1-6-5-8(13(2)12-6)9(14)10-7(11)3-4-15-10/h3-5,9,14H,1-2H3. The van der Waals surface area contributed by atoms with Crippen LogP contribution in [0, 0.1) is 6.92 Å². The predicted octanol–water partition coefficient (Wildman–Crippen LogP) is 2.63. The average Bonchev–Trinajstić information content (AvgIpc) is 2.71. The Hall–Kier alpha value is -0.650. The Balaban J connectivity index is 2.40. The summed E-state index contributed by atoms with van der Waals surface area (Å²) >= 11 is 4.95. The molecule has 1 unspecified atom stereocenters. The molecule has 3 nitrogen and oxygen atoms in total. The van der Waals surface area contributed by atoms with Gasteiger partial charge in [-0.1, -0.05) is 0 Å². The second kappa shape index (κ2) is 4.08. The van der Waals surface area contributed by atoms with Crippen LogP contribution in [-0.4, -0.2) is 14.9 Å². The second-order valence-corrected chi connectivity index (χ2v) is 5.17. The molecule has 0 aromatic carbocycles. The molecular weight excluding hydrogens is 276 g/mol. The third kappa shape index (κ3) is 2.00. The van der Waals surface area contributed by atoms with E-state index < -0.39 is 6.10 Å². The van der Waals surface area contributed by atoms with Gasteiger partial charge in [0.1, 0.15) is 6.10 Å². The molecule has 1 N–H and O–H groups in total. The van der Waals surface area contributed by atoms with Crippen LogP contribution in [0.15, 0.2) is 22.0 Å². The molecule has 0 aliphatic heterocycles. The second-order valence-electron chi connectivity index (χ2n) is 3.37. The van der Waals surface area contributed by atoms with Gasteiger partial charge >= 0.3 is 0 Å². The number of hydrogen-bond donors (Lipinski definition) is 1. The minimum Gasteiger partial charge on any atom is -0.381 e. The first kappa shape index (κ1) is 10.9. The van der Waals surface area contributed by atoms with E-state index in [2.05, 4.69) is 21.0 Å². The topological polar surface area (TPSA) is 38.0 Å². The summed E-state index contributed by atoms with van der Waals surface area (Å²) in [5.74, 6) is 0. The van der Waals surface area contributed by atoms with E-state index in [-0.39, 0.29) is 0 Å². The zero-order valence-electron chi connectivity index (χ0n) is 8.44. The third-order valence-electron chi connectivity index (χ3n) is 2.21. The third-order valence-corrected chi connectivity index (χ3v) is 4.13. The average molecular weight is 287 g/mol. The van der Waals surface area contributed by atoms with Crippen LogP contribution in [0.2, 0.25) is 0 Å². The number of hydrogen-bond acceptors (Lipinski definition) is 3. The summed E-state index contributed by atoms with van der Waals surface area (Å²) in [6, 6.07) is 3.84. The van der Waals surface area contributed by atoms with Crippen LogP contribution in [0.3, 0.4) is 0 Å². The van der Waals surface area contributed by atoms with Gasteiger partial charge in [0.25, 0.3) is 0 Å². The molecule has 0 saturated heterocycles. The fourth-order valence-electron chi connectivity index (χ4n) is 1.52. The number of halogens is 1. The summed E-state index contributed by atoms with van der Waals surface area (Å²) in [6.07, 6.45) is -0.606. The van der Waals surface area contributed by atoms with E-state index in [1.165, 1.54) is 11.3 Å². The lowest BCUT2D eigenvalue weighted by Gasteiger charge is -2.09. The van der Waals surface area contributed by atoms with Gasteiger partial charge in [-0.15, -0.1) is 11.3 Å². The maximum Gasteiger partial charge on any atom is 0.131 e. The molecule has 0 bridgehead atoms. The molecule has 0 radical (unpaired) electrons. The van der Waals surface area contributed by atoms with E-state index in [0.717, 1.165) is 20.7 Å². The smallest absolute Gasteiger partial charge is 0.131 e. The highest BCUT2D eigenvalue weighted by atomic mass is 79.9. The van der Waals surface area contributed by atoms with Crippen LogP contribution in [0.25, 0.3) is 0 Å². The molecule has 0 saturated carbocycles. The van der Waals surface area contributed by atoms with Crippen LogP contribution in [0.4, 0.5) is 0 Å². The van der Waals surface area contributed by atoms with Crippen molar-refractivity contribution in [2.24, 2.45) is 7.05 Å². The first-order chi connectivity index (χ1) is 7.09. The summed E-state index contributed by atoms with van der Waals surface area (Å²) in [7, 11) is 1.84. The highest BCUT2D eigenvalue weighted by molar-refractivity contribution is 9.10. The highest BCUT2D eigenvalue weighted by Crippen LogP contribution is 2.32. The summed E-state index contributed by atoms with van der Waals surface area (Å²) < 4.78 is 2.66. The van der Waals surface area contributed by atoms with Crippen LogP contribution >= 0.6 is 27.3 Å².